The fourth-order valence-electron chi connectivity index (χ4n) is 2.28. The maximum atomic E-state index is 12.6. The molecule has 2 aromatic rings. The molecule has 0 unspecified atom stereocenters. The minimum absolute atomic E-state index is 0.100. The zero-order valence-electron chi connectivity index (χ0n) is 13.8. The lowest BCUT2D eigenvalue weighted by Gasteiger charge is -2.05. The zero-order chi connectivity index (χ0) is 18.3. The van der Waals surface area contributed by atoms with Crippen molar-refractivity contribution < 1.29 is 18.0 Å². The van der Waals surface area contributed by atoms with E-state index in [0.29, 0.717) is 12.8 Å². The van der Waals surface area contributed by atoms with E-state index in [1.165, 1.54) is 12.1 Å². The van der Waals surface area contributed by atoms with Crippen molar-refractivity contribution in [1.82, 2.24) is 5.32 Å². The van der Waals surface area contributed by atoms with Gasteiger partial charge in [-0.25, -0.2) is 0 Å². The summed E-state index contributed by atoms with van der Waals surface area (Å²) in [7, 11) is 0. The van der Waals surface area contributed by atoms with Crippen molar-refractivity contribution in [3.05, 3.63) is 70.8 Å². The summed E-state index contributed by atoms with van der Waals surface area (Å²) < 4.78 is 37.8. The average Bonchev–Trinajstić information content (AvgIpc) is 2.56. The van der Waals surface area contributed by atoms with Crippen molar-refractivity contribution in [2.24, 2.45) is 0 Å². The second-order valence-electron chi connectivity index (χ2n) is 5.65. The Morgan fingerprint density at radius 3 is 2.60 bits per heavy atom. The summed E-state index contributed by atoms with van der Waals surface area (Å²) in [4.78, 5) is 11.8. The Morgan fingerprint density at radius 2 is 1.88 bits per heavy atom. The number of nitrogens with one attached hydrogen (secondary N) is 1. The highest BCUT2D eigenvalue weighted by Crippen LogP contribution is 2.29. The van der Waals surface area contributed by atoms with Gasteiger partial charge in [-0.2, -0.15) is 13.2 Å². The summed E-state index contributed by atoms with van der Waals surface area (Å²) in [5.74, 6) is 5.16. The van der Waals surface area contributed by atoms with Gasteiger partial charge in [0.25, 0.3) is 0 Å². The van der Waals surface area contributed by atoms with Crippen LogP contribution < -0.4 is 5.32 Å². The molecule has 0 radical (unpaired) electrons. The van der Waals surface area contributed by atoms with Crippen molar-refractivity contribution in [1.29, 1.82) is 0 Å². The molecule has 0 atom stereocenters. The van der Waals surface area contributed by atoms with Gasteiger partial charge in [0.2, 0.25) is 5.91 Å². The molecule has 25 heavy (non-hydrogen) atoms. The van der Waals surface area contributed by atoms with Gasteiger partial charge in [0.1, 0.15) is 0 Å². The zero-order valence-corrected chi connectivity index (χ0v) is 13.8. The first-order chi connectivity index (χ1) is 11.8. The van der Waals surface area contributed by atoms with Crippen LogP contribution in [0.5, 0.6) is 0 Å². The quantitative estimate of drug-likeness (QED) is 0.830. The fourth-order valence-corrected chi connectivity index (χ4v) is 2.28. The summed E-state index contributed by atoms with van der Waals surface area (Å²) in [6.45, 7) is 2.09. The van der Waals surface area contributed by atoms with Gasteiger partial charge in [-0.1, -0.05) is 47.7 Å². The van der Waals surface area contributed by atoms with Crippen molar-refractivity contribution in [2.45, 2.75) is 25.9 Å². The van der Waals surface area contributed by atoms with Crippen LogP contribution in [0, 0.1) is 18.8 Å². The van der Waals surface area contributed by atoms with E-state index >= 15 is 0 Å². The molecule has 2 aromatic carbocycles. The first-order valence-corrected chi connectivity index (χ1v) is 7.83. The number of carbonyl (C=O) groups is 1. The molecule has 2 nitrogen and oxygen atoms in total. The van der Waals surface area contributed by atoms with Crippen molar-refractivity contribution in [3.63, 3.8) is 0 Å². The van der Waals surface area contributed by atoms with Crippen LogP contribution in [0.2, 0.25) is 0 Å². The smallest absolute Gasteiger partial charge is 0.345 e. The van der Waals surface area contributed by atoms with Crippen LogP contribution in [0.4, 0.5) is 13.2 Å². The molecule has 1 N–H and O–H groups in total. The number of aryl methyl sites for hydroxylation is 2. The highest BCUT2D eigenvalue weighted by molar-refractivity contribution is 5.76. The lowest BCUT2D eigenvalue weighted by atomic mass is 10.1. The van der Waals surface area contributed by atoms with Crippen molar-refractivity contribution in [2.75, 3.05) is 6.54 Å². The van der Waals surface area contributed by atoms with Crippen LogP contribution in [0.1, 0.15) is 28.7 Å². The third kappa shape index (κ3) is 6.34. The summed E-state index contributed by atoms with van der Waals surface area (Å²) in [5, 5.41) is 2.65. The first kappa shape index (κ1) is 18.6. The molecule has 0 heterocycles. The van der Waals surface area contributed by atoms with E-state index in [-0.39, 0.29) is 18.0 Å². The van der Waals surface area contributed by atoms with Crippen LogP contribution in [0.25, 0.3) is 0 Å². The summed E-state index contributed by atoms with van der Waals surface area (Å²) in [6.07, 6.45) is -3.41. The van der Waals surface area contributed by atoms with Gasteiger partial charge in [-0.3, -0.25) is 4.79 Å². The highest BCUT2D eigenvalue weighted by Gasteiger charge is 2.30. The molecule has 0 saturated heterocycles. The Labute approximate surface area is 145 Å². The first-order valence-electron chi connectivity index (χ1n) is 7.83. The van der Waals surface area contributed by atoms with Crippen molar-refractivity contribution in [3.8, 4) is 11.8 Å². The van der Waals surface area contributed by atoms with E-state index in [4.69, 9.17) is 0 Å². The molecule has 0 spiro atoms. The van der Waals surface area contributed by atoms with Crippen LogP contribution in [0.3, 0.4) is 0 Å². The Bertz CT molecular complexity index is 800. The highest BCUT2D eigenvalue weighted by atomic mass is 19.4. The monoisotopic (exact) mass is 345 g/mol. The molecular formula is C20H18F3NO. The fraction of sp³-hybridized carbons (Fsp3) is 0.250. The van der Waals surface area contributed by atoms with Gasteiger partial charge in [-0.05, 0) is 37.1 Å². The van der Waals surface area contributed by atoms with Gasteiger partial charge >= 0.3 is 6.18 Å². The molecule has 0 aromatic heterocycles. The third-order valence-electron chi connectivity index (χ3n) is 3.52. The number of alkyl halides is 3. The second kappa shape index (κ2) is 8.39. The number of hydrogen-bond donors (Lipinski definition) is 1. The SMILES string of the molecule is Cc1cccc(CCC(=O)NCC#Cc2cccc(C(F)(F)F)c2)c1. The molecule has 0 aliphatic heterocycles. The van der Waals surface area contributed by atoms with Crippen LogP contribution in [0.15, 0.2) is 48.5 Å². The van der Waals surface area contributed by atoms with Gasteiger partial charge in [0.15, 0.2) is 0 Å². The molecule has 0 aliphatic rings. The number of hydrogen-bond acceptors (Lipinski definition) is 1. The maximum absolute atomic E-state index is 12.6. The number of rotatable bonds is 4. The van der Waals surface area contributed by atoms with Gasteiger partial charge in [0, 0.05) is 12.0 Å². The van der Waals surface area contributed by atoms with Crippen LogP contribution >= 0.6 is 0 Å². The van der Waals surface area contributed by atoms with Crippen molar-refractivity contribution >= 4 is 5.91 Å². The predicted molar refractivity (Wildman–Crippen MR) is 90.8 cm³/mol. The van der Waals surface area contributed by atoms with E-state index in [2.05, 4.69) is 17.2 Å². The number of benzene rings is 2. The summed E-state index contributed by atoms with van der Waals surface area (Å²) in [6, 6.07) is 12.7. The topological polar surface area (TPSA) is 29.1 Å². The Morgan fingerprint density at radius 1 is 1.12 bits per heavy atom. The lowest BCUT2D eigenvalue weighted by molar-refractivity contribution is -0.137. The Balaban J connectivity index is 1.81. The minimum atomic E-state index is -4.39. The molecule has 0 saturated carbocycles. The number of amides is 1. The summed E-state index contributed by atoms with van der Waals surface area (Å²) in [5.41, 5.74) is 1.76. The van der Waals surface area contributed by atoms with E-state index < -0.39 is 11.7 Å². The molecule has 2 rings (SSSR count). The molecule has 0 fully saturated rings. The standard InChI is InChI=1S/C20H18F3NO/c1-15-5-2-6-17(13-15)10-11-19(25)24-12-4-8-16-7-3-9-18(14-16)20(21,22)23/h2-3,5-7,9,13-14H,10-12H2,1H3,(H,24,25). The lowest BCUT2D eigenvalue weighted by Crippen LogP contribution is -2.23. The van der Waals surface area contributed by atoms with Gasteiger partial charge in [-0.15, -0.1) is 0 Å². The normalized spacial score (nSPS) is 10.7. The Kier molecular flexibility index (Phi) is 6.24. The van der Waals surface area contributed by atoms with E-state index in [1.807, 2.05) is 31.2 Å². The van der Waals surface area contributed by atoms with Gasteiger partial charge < -0.3 is 5.32 Å². The average molecular weight is 345 g/mol. The molecule has 0 bridgehead atoms. The number of carbonyl (C=O) groups excluding carboxylic acids is 1. The molecule has 1 amide bonds. The maximum Gasteiger partial charge on any atom is 0.416 e. The molecular weight excluding hydrogens is 327 g/mol. The largest absolute Gasteiger partial charge is 0.416 e. The van der Waals surface area contributed by atoms with Crippen LogP contribution in [-0.2, 0) is 17.4 Å². The second-order valence-corrected chi connectivity index (χ2v) is 5.65. The van der Waals surface area contributed by atoms with Gasteiger partial charge in [0.05, 0.1) is 12.1 Å². The minimum Gasteiger partial charge on any atom is -0.345 e. The summed E-state index contributed by atoms with van der Waals surface area (Å²) >= 11 is 0. The van der Waals surface area contributed by atoms with E-state index in [0.717, 1.165) is 23.3 Å². The third-order valence-corrected chi connectivity index (χ3v) is 3.52. The molecule has 130 valence electrons. The Hall–Kier alpha value is -2.74. The predicted octanol–water partition coefficient (Wildman–Crippen LogP) is 4.11. The molecule has 0 aliphatic carbocycles. The number of halogens is 3. The van der Waals surface area contributed by atoms with E-state index in [1.54, 1.807) is 0 Å². The van der Waals surface area contributed by atoms with Crippen LogP contribution in [-0.4, -0.2) is 12.5 Å². The van der Waals surface area contributed by atoms with E-state index in [9.17, 15) is 18.0 Å². The molecule has 5 heteroatoms.